The molecule has 6 nitrogen and oxygen atoms in total. The van der Waals surface area contributed by atoms with E-state index in [4.69, 9.17) is 22.4 Å². The molecule has 1 saturated heterocycles. The molecule has 0 aromatic heterocycles. The molecule has 0 spiro atoms. The summed E-state index contributed by atoms with van der Waals surface area (Å²) < 4.78 is 23.2. The van der Waals surface area contributed by atoms with E-state index < -0.39 is 21.8 Å². The molecular formula is C13H17ClN2O4S. The second-order valence-corrected chi connectivity index (χ2v) is 7.68. The number of carbonyl (C=O) groups excluding carboxylic acids is 1. The first-order valence-electron chi connectivity index (χ1n) is 6.51. The van der Waals surface area contributed by atoms with Crippen LogP contribution in [0.15, 0.2) is 18.2 Å². The molecule has 0 aliphatic carbocycles. The molecule has 8 heteroatoms. The van der Waals surface area contributed by atoms with E-state index in [2.05, 4.69) is 0 Å². The van der Waals surface area contributed by atoms with Gasteiger partial charge in [-0.2, -0.15) is 0 Å². The molecule has 116 valence electrons. The summed E-state index contributed by atoms with van der Waals surface area (Å²) in [5, 5.41) is 9.52. The van der Waals surface area contributed by atoms with Gasteiger partial charge < -0.3 is 15.7 Å². The molecule has 0 saturated carbocycles. The maximum Gasteiger partial charge on any atom is 0.256 e. The third-order valence-electron chi connectivity index (χ3n) is 3.50. The van der Waals surface area contributed by atoms with Crippen LogP contribution in [0.2, 0.25) is 5.02 Å². The van der Waals surface area contributed by atoms with E-state index >= 15 is 0 Å². The molecule has 1 aliphatic heterocycles. The standard InChI is InChI=1S/C13H17ClN2O4S/c14-9-1-2-12(15)11(7-9)13(18)16(4-5-17)10-3-6-21(19,20)8-10/h1-2,7,10,17H,3-6,8,15H2. The van der Waals surface area contributed by atoms with Gasteiger partial charge in [-0.15, -0.1) is 0 Å². The minimum atomic E-state index is -3.13. The van der Waals surface area contributed by atoms with Crippen LogP contribution in [-0.2, 0) is 9.84 Å². The molecule has 1 heterocycles. The number of benzene rings is 1. The van der Waals surface area contributed by atoms with Crippen LogP contribution in [0.4, 0.5) is 5.69 Å². The highest BCUT2D eigenvalue weighted by Gasteiger charge is 2.35. The zero-order valence-electron chi connectivity index (χ0n) is 11.3. The number of nitrogen functional groups attached to an aromatic ring is 1. The van der Waals surface area contributed by atoms with Crippen molar-refractivity contribution in [3.05, 3.63) is 28.8 Å². The number of halogens is 1. The number of hydrogen-bond acceptors (Lipinski definition) is 5. The van der Waals surface area contributed by atoms with Crippen molar-refractivity contribution >= 4 is 33.0 Å². The van der Waals surface area contributed by atoms with Gasteiger partial charge in [0, 0.05) is 23.3 Å². The van der Waals surface area contributed by atoms with Gasteiger partial charge in [-0.3, -0.25) is 4.79 Å². The Balaban J connectivity index is 2.30. The van der Waals surface area contributed by atoms with Gasteiger partial charge >= 0.3 is 0 Å². The van der Waals surface area contributed by atoms with E-state index in [1.807, 2.05) is 0 Å². The first kappa shape index (κ1) is 16.1. The Morgan fingerprint density at radius 2 is 2.19 bits per heavy atom. The van der Waals surface area contributed by atoms with E-state index in [9.17, 15) is 13.2 Å². The molecule has 3 N–H and O–H groups in total. The van der Waals surface area contributed by atoms with E-state index in [0.717, 1.165) is 0 Å². The summed E-state index contributed by atoms with van der Waals surface area (Å²) in [7, 11) is -3.13. The van der Waals surface area contributed by atoms with Crippen molar-refractivity contribution in [2.75, 3.05) is 30.4 Å². The van der Waals surface area contributed by atoms with Crippen molar-refractivity contribution in [3.63, 3.8) is 0 Å². The topological polar surface area (TPSA) is 101 Å². The fourth-order valence-electron chi connectivity index (χ4n) is 2.45. The SMILES string of the molecule is Nc1ccc(Cl)cc1C(=O)N(CCO)C1CCS(=O)(=O)C1. The number of hydrogen-bond donors (Lipinski definition) is 2. The second kappa shape index (κ2) is 6.21. The smallest absolute Gasteiger partial charge is 0.256 e. The van der Waals surface area contributed by atoms with Gasteiger partial charge in [-0.05, 0) is 24.6 Å². The Morgan fingerprint density at radius 3 is 2.76 bits per heavy atom. The quantitative estimate of drug-likeness (QED) is 0.784. The van der Waals surface area contributed by atoms with Gasteiger partial charge in [0.1, 0.15) is 0 Å². The summed E-state index contributed by atoms with van der Waals surface area (Å²) in [5.74, 6) is -0.442. The number of rotatable bonds is 4. The third kappa shape index (κ3) is 3.66. The number of sulfone groups is 1. The summed E-state index contributed by atoms with van der Waals surface area (Å²) in [6.45, 7) is -0.187. The zero-order valence-corrected chi connectivity index (χ0v) is 12.9. The molecule has 1 fully saturated rings. The Kier molecular flexibility index (Phi) is 4.75. The molecule has 1 amide bonds. The van der Waals surface area contributed by atoms with Crippen LogP contribution in [0.1, 0.15) is 16.8 Å². The average molecular weight is 333 g/mol. The highest BCUT2D eigenvalue weighted by Crippen LogP contribution is 2.24. The van der Waals surface area contributed by atoms with Crippen molar-refractivity contribution in [1.29, 1.82) is 0 Å². The number of amides is 1. The van der Waals surface area contributed by atoms with Gasteiger partial charge in [-0.1, -0.05) is 11.6 Å². The number of aliphatic hydroxyl groups excluding tert-OH is 1. The van der Waals surface area contributed by atoms with Gasteiger partial charge in [-0.25, -0.2) is 8.42 Å². The fraction of sp³-hybridized carbons (Fsp3) is 0.462. The molecule has 0 bridgehead atoms. The van der Waals surface area contributed by atoms with E-state index in [1.165, 1.54) is 17.0 Å². The van der Waals surface area contributed by atoms with Crippen LogP contribution >= 0.6 is 11.6 Å². The summed E-state index contributed by atoms with van der Waals surface area (Å²) in [5.41, 5.74) is 6.28. The minimum absolute atomic E-state index is 0.0535. The predicted molar refractivity (Wildman–Crippen MR) is 81.0 cm³/mol. The van der Waals surface area contributed by atoms with Crippen LogP contribution in [0, 0.1) is 0 Å². The fourth-order valence-corrected chi connectivity index (χ4v) is 4.35. The van der Waals surface area contributed by atoms with Crippen molar-refractivity contribution in [3.8, 4) is 0 Å². The van der Waals surface area contributed by atoms with Gasteiger partial charge in [0.05, 0.1) is 23.7 Å². The normalized spacial score (nSPS) is 20.4. The van der Waals surface area contributed by atoms with E-state index in [0.29, 0.717) is 11.4 Å². The Bertz CT molecular complexity index is 648. The summed E-state index contributed by atoms with van der Waals surface area (Å²) >= 11 is 5.88. The van der Waals surface area contributed by atoms with Crippen molar-refractivity contribution in [1.82, 2.24) is 4.90 Å². The number of anilines is 1. The lowest BCUT2D eigenvalue weighted by Gasteiger charge is -2.28. The molecule has 1 unspecified atom stereocenters. The minimum Gasteiger partial charge on any atom is -0.398 e. The molecule has 1 aromatic rings. The average Bonchev–Trinajstić information content (AvgIpc) is 2.78. The number of nitrogens with two attached hydrogens (primary N) is 1. The molecule has 1 aliphatic rings. The molecule has 2 rings (SSSR count). The maximum atomic E-state index is 12.6. The van der Waals surface area contributed by atoms with Crippen LogP contribution in [0.3, 0.4) is 0 Å². The predicted octanol–water partition coefficient (Wildman–Crippen LogP) is 0.544. The molecule has 1 atom stereocenters. The lowest BCUT2D eigenvalue weighted by Crippen LogP contribution is -2.43. The van der Waals surface area contributed by atoms with Gasteiger partial charge in [0.2, 0.25) is 0 Å². The van der Waals surface area contributed by atoms with Crippen LogP contribution in [0.25, 0.3) is 0 Å². The zero-order chi connectivity index (χ0) is 15.6. The summed E-state index contributed by atoms with van der Waals surface area (Å²) in [6.07, 6.45) is 0.370. The van der Waals surface area contributed by atoms with Crippen LogP contribution < -0.4 is 5.73 Å². The van der Waals surface area contributed by atoms with Crippen molar-refractivity contribution in [2.45, 2.75) is 12.5 Å². The van der Waals surface area contributed by atoms with Crippen LogP contribution in [-0.4, -0.2) is 55.0 Å². The molecule has 1 aromatic carbocycles. The highest BCUT2D eigenvalue weighted by atomic mass is 35.5. The third-order valence-corrected chi connectivity index (χ3v) is 5.48. The van der Waals surface area contributed by atoms with Gasteiger partial charge in [0.25, 0.3) is 5.91 Å². The number of aliphatic hydroxyl groups is 1. The Labute approximate surface area is 128 Å². The van der Waals surface area contributed by atoms with Crippen LogP contribution in [0.5, 0.6) is 0 Å². The molecule has 0 radical (unpaired) electrons. The van der Waals surface area contributed by atoms with Crippen molar-refractivity contribution in [2.24, 2.45) is 0 Å². The molecule has 21 heavy (non-hydrogen) atoms. The summed E-state index contributed by atoms with van der Waals surface area (Å²) in [4.78, 5) is 14.0. The first-order valence-corrected chi connectivity index (χ1v) is 8.71. The van der Waals surface area contributed by atoms with Crippen molar-refractivity contribution < 1.29 is 18.3 Å². The van der Waals surface area contributed by atoms with Gasteiger partial charge in [0.15, 0.2) is 9.84 Å². The first-order chi connectivity index (χ1) is 9.84. The van der Waals surface area contributed by atoms with E-state index in [1.54, 1.807) is 6.07 Å². The largest absolute Gasteiger partial charge is 0.398 e. The Morgan fingerprint density at radius 1 is 1.48 bits per heavy atom. The lowest BCUT2D eigenvalue weighted by molar-refractivity contribution is 0.0656. The van der Waals surface area contributed by atoms with E-state index in [-0.39, 0.29) is 35.9 Å². The Hall–Kier alpha value is -1.31. The summed E-state index contributed by atoms with van der Waals surface area (Å²) in [6, 6.07) is 4.11. The molecular weight excluding hydrogens is 316 g/mol. The number of nitrogens with zero attached hydrogens (tertiary/aromatic N) is 1. The second-order valence-electron chi connectivity index (χ2n) is 5.01. The maximum absolute atomic E-state index is 12.6. The lowest BCUT2D eigenvalue weighted by atomic mass is 10.1. The number of carbonyl (C=O) groups is 1. The highest BCUT2D eigenvalue weighted by molar-refractivity contribution is 7.91. The monoisotopic (exact) mass is 332 g/mol.